The van der Waals surface area contributed by atoms with Gasteiger partial charge in [0.2, 0.25) is 0 Å². The summed E-state index contributed by atoms with van der Waals surface area (Å²) in [5, 5.41) is 16.7. The van der Waals surface area contributed by atoms with E-state index in [9.17, 15) is 14.4 Å². The monoisotopic (exact) mass is 489 g/mol. The molecule has 6 nitrogen and oxygen atoms in total. The van der Waals surface area contributed by atoms with Crippen LogP contribution in [0.3, 0.4) is 0 Å². The number of amides is 1. The maximum atomic E-state index is 13.1. The Morgan fingerprint density at radius 2 is 2.04 bits per heavy atom. The molecule has 0 bridgehead atoms. The quantitative estimate of drug-likeness (QED) is 0.410. The summed E-state index contributed by atoms with van der Waals surface area (Å²) >= 11 is 2.16. The number of aromatic nitrogens is 2. The number of nitrogen functional groups attached to an aromatic ring is 1. The standard InChI is InChI=1S/C20H17FIN5O/c21-14-6-8-16(9-7-14)27-19(24)17(12-23)18(26-27)5-2-10-25-20(28)13-3-1-4-15(22)11-13/h1,3-4,6-9,11H,2,5,10,24H2,(H,25,28). The molecule has 142 valence electrons. The molecule has 0 aliphatic carbocycles. The number of nitrogens with one attached hydrogen (secondary N) is 1. The average Bonchev–Trinajstić information content (AvgIpc) is 3.01. The number of nitrogens with two attached hydrogens (primary N) is 1. The molecule has 0 unspecified atom stereocenters. The van der Waals surface area contributed by atoms with E-state index in [2.05, 4.69) is 39.1 Å². The summed E-state index contributed by atoms with van der Waals surface area (Å²) < 4.78 is 15.5. The zero-order valence-corrected chi connectivity index (χ0v) is 17.0. The third-order valence-corrected chi connectivity index (χ3v) is 4.81. The van der Waals surface area contributed by atoms with Crippen molar-refractivity contribution in [1.29, 1.82) is 5.26 Å². The number of halogens is 2. The van der Waals surface area contributed by atoms with Crippen LogP contribution in [0.15, 0.2) is 48.5 Å². The maximum absolute atomic E-state index is 13.1. The first kappa shape index (κ1) is 19.8. The summed E-state index contributed by atoms with van der Waals surface area (Å²) in [6, 6.07) is 15.1. The molecular weight excluding hydrogens is 472 g/mol. The highest BCUT2D eigenvalue weighted by Crippen LogP contribution is 2.21. The van der Waals surface area contributed by atoms with Gasteiger partial charge in [-0.1, -0.05) is 6.07 Å². The van der Waals surface area contributed by atoms with Gasteiger partial charge in [0.05, 0.1) is 11.4 Å². The van der Waals surface area contributed by atoms with E-state index < -0.39 is 0 Å². The van der Waals surface area contributed by atoms with Gasteiger partial charge < -0.3 is 11.1 Å². The van der Waals surface area contributed by atoms with Gasteiger partial charge in [-0.25, -0.2) is 9.07 Å². The summed E-state index contributed by atoms with van der Waals surface area (Å²) in [5.74, 6) is -0.290. The number of carbonyl (C=O) groups is 1. The van der Waals surface area contributed by atoms with E-state index in [1.54, 1.807) is 18.2 Å². The highest BCUT2D eigenvalue weighted by Gasteiger charge is 2.16. The molecule has 3 rings (SSSR count). The number of anilines is 1. The molecule has 0 radical (unpaired) electrons. The predicted molar refractivity (Wildman–Crippen MR) is 112 cm³/mol. The van der Waals surface area contributed by atoms with E-state index in [0.717, 1.165) is 3.57 Å². The minimum absolute atomic E-state index is 0.143. The average molecular weight is 489 g/mol. The number of carbonyl (C=O) groups excluding carboxylic acids is 1. The Morgan fingerprint density at radius 3 is 2.71 bits per heavy atom. The van der Waals surface area contributed by atoms with Crippen LogP contribution in [0.1, 0.15) is 28.0 Å². The minimum atomic E-state index is -0.362. The van der Waals surface area contributed by atoms with Gasteiger partial charge in [0.1, 0.15) is 23.3 Å². The molecular formula is C20H17FIN5O. The molecule has 3 aromatic rings. The fourth-order valence-electron chi connectivity index (χ4n) is 2.74. The summed E-state index contributed by atoms with van der Waals surface area (Å²) in [4.78, 5) is 12.2. The Morgan fingerprint density at radius 1 is 1.29 bits per heavy atom. The van der Waals surface area contributed by atoms with E-state index in [0.29, 0.717) is 41.9 Å². The lowest BCUT2D eigenvalue weighted by molar-refractivity contribution is 0.0953. The topological polar surface area (TPSA) is 96.7 Å². The predicted octanol–water partition coefficient (Wildman–Crippen LogP) is 3.43. The molecule has 0 aliphatic heterocycles. The van der Waals surface area contributed by atoms with Gasteiger partial charge in [-0.2, -0.15) is 10.4 Å². The van der Waals surface area contributed by atoms with Crippen molar-refractivity contribution in [2.45, 2.75) is 12.8 Å². The lowest BCUT2D eigenvalue weighted by Crippen LogP contribution is -2.24. The Balaban J connectivity index is 1.64. The Bertz CT molecular complexity index is 1040. The Labute approximate surface area is 175 Å². The minimum Gasteiger partial charge on any atom is -0.382 e. The molecule has 3 N–H and O–H groups in total. The van der Waals surface area contributed by atoms with Crippen LogP contribution >= 0.6 is 22.6 Å². The van der Waals surface area contributed by atoms with Gasteiger partial charge in [0, 0.05) is 15.7 Å². The third kappa shape index (κ3) is 4.48. The van der Waals surface area contributed by atoms with Crippen molar-refractivity contribution in [1.82, 2.24) is 15.1 Å². The van der Waals surface area contributed by atoms with Crippen molar-refractivity contribution in [3.63, 3.8) is 0 Å². The van der Waals surface area contributed by atoms with Crippen LogP contribution in [0.25, 0.3) is 5.69 Å². The molecule has 0 saturated carbocycles. The number of aryl methyl sites for hydroxylation is 1. The fourth-order valence-corrected chi connectivity index (χ4v) is 3.29. The van der Waals surface area contributed by atoms with Crippen molar-refractivity contribution in [2.24, 2.45) is 0 Å². The number of benzene rings is 2. The molecule has 8 heteroatoms. The summed E-state index contributed by atoms with van der Waals surface area (Å²) in [6.45, 7) is 0.443. The highest BCUT2D eigenvalue weighted by molar-refractivity contribution is 14.1. The first-order valence-electron chi connectivity index (χ1n) is 8.57. The van der Waals surface area contributed by atoms with Crippen LogP contribution in [0, 0.1) is 20.7 Å². The second kappa shape index (κ2) is 8.84. The van der Waals surface area contributed by atoms with Crippen LogP contribution < -0.4 is 11.1 Å². The van der Waals surface area contributed by atoms with Crippen LogP contribution in [-0.4, -0.2) is 22.2 Å². The number of hydrogen-bond acceptors (Lipinski definition) is 4. The second-order valence-electron chi connectivity index (χ2n) is 6.08. The van der Waals surface area contributed by atoms with E-state index in [1.165, 1.54) is 16.8 Å². The summed E-state index contributed by atoms with van der Waals surface area (Å²) in [5.41, 5.74) is 8.07. The van der Waals surface area contributed by atoms with E-state index in [-0.39, 0.29) is 17.5 Å². The van der Waals surface area contributed by atoms with Gasteiger partial charge in [-0.15, -0.1) is 0 Å². The Kier molecular flexibility index (Phi) is 6.26. The SMILES string of the molecule is N#Cc1c(CCCNC(=O)c2cccc(I)c2)nn(-c2ccc(F)cc2)c1N. The van der Waals surface area contributed by atoms with Crippen molar-refractivity contribution in [3.8, 4) is 11.8 Å². The number of rotatable bonds is 6. The number of nitrogens with zero attached hydrogens (tertiary/aromatic N) is 3. The molecule has 2 aromatic carbocycles. The fraction of sp³-hybridized carbons (Fsp3) is 0.150. The van der Waals surface area contributed by atoms with Crippen LogP contribution in [0.4, 0.5) is 10.2 Å². The molecule has 0 saturated heterocycles. The lowest BCUT2D eigenvalue weighted by Gasteiger charge is -2.05. The van der Waals surface area contributed by atoms with Crippen LogP contribution in [0.2, 0.25) is 0 Å². The molecule has 1 amide bonds. The van der Waals surface area contributed by atoms with E-state index in [4.69, 9.17) is 5.73 Å². The first-order valence-corrected chi connectivity index (χ1v) is 9.64. The second-order valence-corrected chi connectivity index (χ2v) is 7.32. The van der Waals surface area contributed by atoms with Crippen LogP contribution in [0.5, 0.6) is 0 Å². The van der Waals surface area contributed by atoms with Crippen LogP contribution in [-0.2, 0) is 6.42 Å². The van der Waals surface area contributed by atoms with Gasteiger partial charge in [0.15, 0.2) is 0 Å². The van der Waals surface area contributed by atoms with Gasteiger partial charge in [-0.05, 0) is 77.9 Å². The molecule has 0 fully saturated rings. The van der Waals surface area contributed by atoms with Crippen molar-refractivity contribution in [3.05, 3.63) is 74.7 Å². The van der Waals surface area contributed by atoms with Gasteiger partial charge in [0.25, 0.3) is 5.91 Å². The third-order valence-electron chi connectivity index (χ3n) is 4.14. The van der Waals surface area contributed by atoms with Gasteiger partial charge in [-0.3, -0.25) is 4.79 Å². The smallest absolute Gasteiger partial charge is 0.251 e. The molecule has 28 heavy (non-hydrogen) atoms. The first-order chi connectivity index (χ1) is 13.5. The zero-order chi connectivity index (χ0) is 20.1. The number of hydrogen-bond donors (Lipinski definition) is 2. The van der Waals surface area contributed by atoms with Gasteiger partial charge >= 0.3 is 0 Å². The summed E-state index contributed by atoms with van der Waals surface area (Å²) in [7, 11) is 0. The maximum Gasteiger partial charge on any atom is 0.251 e. The van der Waals surface area contributed by atoms with Crippen molar-refractivity contribution >= 4 is 34.3 Å². The van der Waals surface area contributed by atoms with E-state index in [1.807, 2.05) is 18.2 Å². The lowest BCUT2D eigenvalue weighted by atomic mass is 10.1. The largest absolute Gasteiger partial charge is 0.382 e. The zero-order valence-electron chi connectivity index (χ0n) is 14.8. The van der Waals surface area contributed by atoms with Crippen molar-refractivity contribution in [2.75, 3.05) is 12.3 Å². The summed E-state index contributed by atoms with van der Waals surface area (Å²) in [6.07, 6.45) is 1.08. The molecule has 1 heterocycles. The molecule has 0 atom stereocenters. The normalized spacial score (nSPS) is 10.5. The van der Waals surface area contributed by atoms with Crippen molar-refractivity contribution < 1.29 is 9.18 Å². The highest BCUT2D eigenvalue weighted by atomic mass is 127. The van der Waals surface area contributed by atoms with E-state index >= 15 is 0 Å². The number of nitriles is 1. The molecule has 0 aliphatic rings. The molecule has 0 spiro atoms. The molecule has 1 aromatic heterocycles. The Hall–Kier alpha value is -2.93.